The lowest BCUT2D eigenvalue weighted by molar-refractivity contribution is -0.134. The molecule has 1 amide bonds. The standard InChI is InChI=1S/C22H28N4O/c1-2-25-19(14-17-8-7-16(15-23)13-21(17)25)10-9-18-5-4-12-26(18)22(27)20-6-3-11-24-20/h7-8,13-14,18,20,24H,2-6,9-12H2,1H3/t18-,20-/m0/s1. The van der Waals surface area contributed by atoms with Gasteiger partial charge in [-0.2, -0.15) is 5.26 Å². The van der Waals surface area contributed by atoms with Gasteiger partial charge in [-0.1, -0.05) is 6.07 Å². The van der Waals surface area contributed by atoms with Gasteiger partial charge in [-0.05, 0) is 75.6 Å². The lowest BCUT2D eigenvalue weighted by Crippen LogP contribution is -2.45. The van der Waals surface area contributed by atoms with Crippen LogP contribution >= 0.6 is 0 Å². The molecule has 0 saturated carbocycles. The second-order valence-corrected chi connectivity index (χ2v) is 7.78. The number of carbonyl (C=O) groups is 1. The normalized spacial score (nSPS) is 22.4. The summed E-state index contributed by atoms with van der Waals surface area (Å²) in [5.41, 5.74) is 3.15. The third-order valence-electron chi connectivity index (χ3n) is 6.19. The number of hydrogen-bond donors (Lipinski definition) is 1. The van der Waals surface area contributed by atoms with Gasteiger partial charge in [0.1, 0.15) is 0 Å². The highest BCUT2D eigenvalue weighted by molar-refractivity contribution is 5.83. The Labute approximate surface area is 160 Å². The third kappa shape index (κ3) is 3.46. The molecule has 2 aliphatic rings. The second kappa shape index (κ2) is 7.74. The number of amides is 1. The molecule has 2 fully saturated rings. The Balaban J connectivity index is 1.49. The van der Waals surface area contributed by atoms with Crippen molar-refractivity contribution in [2.45, 2.75) is 64.1 Å². The number of benzene rings is 1. The monoisotopic (exact) mass is 364 g/mol. The highest BCUT2D eigenvalue weighted by Gasteiger charge is 2.34. The lowest BCUT2D eigenvalue weighted by atomic mass is 10.1. The first-order chi connectivity index (χ1) is 13.2. The van der Waals surface area contributed by atoms with Gasteiger partial charge in [0.25, 0.3) is 0 Å². The minimum Gasteiger partial charge on any atom is -0.345 e. The first-order valence-electron chi connectivity index (χ1n) is 10.3. The van der Waals surface area contributed by atoms with Gasteiger partial charge in [-0.3, -0.25) is 4.79 Å². The number of aryl methyl sites for hydroxylation is 2. The zero-order chi connectivity index (χ0) is 18.8. The molecule has 2 aromatic rings. The Bertz CT molecular complexity index is 872. The van der Waals surface area contributed by atoms with Gasteiger partial charge >= 0.3 is 0 Å². The summed E-state index contributed by atoms with van der Waals surface area (Å²) in [5, 5.41) is 13.7. The average molecular weight is 364 g/mol. The van der Waals surface area contributed by atoms with E-state index in [0.717, 1.165) is 63.7 Å². The molecule has 4 rings (SSSR count). The SMILES string of the molecule is CCn1c(CC[C@@H]2CCCN2C(=O)[C@@H]2CCCN2)cc2ccc(C#N)cc21. The first kappa shape index (κ1) is 18.1. The molecule has 0 spiro atoms. The molecule has 3 heterocycles. The summed E-state index contributed by atoms with van der Waals surface area (Å²) in [6.07, 6.45) is 6.30. The zero-order valence-corrected chi connectivity index (χ0v) is 16.1. The summed E-state index contributed by atoms with van der Waals surface area (Å²) in [4.78, 5) is 15.0. The highest BCUT2D eigenvalue weighted by Crippen LogP contribution is 2.27. The smallest absolute Gasteiger partial charge is 0.239 e. The van der Waals surface area contributed by atoms with Crippen LogP contribution in [-0.4, -0.2) is 40.5 Å². The summed E-state index contributed by atoms with van der Waals surface area (Å²) in [6.45, 7) is 4.92. The number of hydrogen-bond acceptors (Lipinski definition) is 3. The van der Waals surface area contributed by atoms with E-state index >= 15 is 0 Å². The van der Waals surface area contributed by atoms with Gasteiger partial charge in [-0.15, -0.1) is 0 Å². The number of rotatable bonds is 5. The number of carbonyl (C=O) groups excluding carboxylic acids is 1. The second-order valence-electron chi connectivity index (χ2n) is 7.78. The van der Waals surface area contributed by atoms with Crippen molar-refractivity contribution in [2.75, 3.05) is 13.1 Å². The summed E-state index contributed by atoms with van der Waals surface area (Å²) in [6, 6.07) is 10.8. The van der Waals surface area contributed by atoms with E-state index < -0.39 is 0 Å². The van der Waals surface area contributed by atoms with Gasteiger partial charge in [0.15, 0.2) is 0 Å². The molecular weight excluding hydrogens is 336 g/mol. The van der Waals surface area contributed by atoms with Crippen LogP contribution < -0.4 is 5.32 Å². The molecule has 5 nitrogen and oxygen atoms in total. The van der Waals surface area contributed by atoms with Gasteiger partial charge in [0.05, 0.1) is 17.7 Å². The number of likely N-dealkylation sites (tertiary alicyclic amines) is 1. The Kier molecular flexibility index (Phi) is 5.18. The van der Waals surface area contributed by atoms with E-state index in [1.165, 1.54) is 11.1 Å². The fourth-order valence-corrected chi connectivity index (χ4v) is 4.80. The molecule has 142 valence electrons. The van der Waals surface area contributed by atoms with E-state index in [1.807, 2.05) is 18.2 Å². The van der Waals surface area contributed by atoms with Crippen molar-refractivity contribution < 1.29 is 4.79 Å². The predicted octanol–water partition coefficient (Wildman–Crippen LogP) is 3.21. The number of aromatic nitrogens is 1. The summed E-state index contributed by atoms with van der Waals surface area (Å²) in [5.74, 6) is 0.310. The Hall–Kier alpha value is -2.32. The van der Waals surface area contributed by atoms with E-state index in [4.69, 9.17) is 0 Å². The predicted molar refractivity (Wildman–Crippen MR) is 106 cm³/mol. The van der Waals surface area contributed by atoms with Crippen molar-refractivity contribution >= 4 is 16.8 Å². The molecule has 0 radical (unpaired) electrons. The average Bonchev–Trinajstić information content (AvgIpc) is 3.44. The van der Waals surface area contributed by atoms with Crippen LogP contribution in [-0.2, 0) is 17.8 Å². The van der Waals surface area contributed by atoms with Crippen LogP contribution in [0.3, 0.4) is 0 Å². The summed E-state index contributed by atoms with van der Waals surface area (Å²) in [7, 11) is 0. The molecule has 2 aliphatic heterocycles. The van der Waals surface area contributed by atoms with Crippen LogP contribution in [0.1, 0.15) is 50.3 Å². The van der Waals surface area contributed by atoms with Crippen molar-refractivity contribution in [2.24, 2.45) is 0 Å². The largest absolute Gasteiger partial charge is 0.345 e. The molecule has 27 heavy (non-hydrogen) atoms. The van der Waals surface area contributed by atoms with Gasteiger partial charge in [0, 0.05) is 30.3 Å². The fourth-order valence-electron chi connectivity index (χ4n) is 4.80. The van der Waals surface area contributed by atoms with E-state index in [9.17, 15) is 10.1 Å². The molecule has 0 bridgehead atoms. The van der Waals surface area contributed by atoms with Crippen LogP contribution in [0.15, 0.2) is 24.3 Å². The number of fused-ring (bicyclic) bond motifs is 1. The fraction of sp³-hybridized carbons (Fsp3) is 0.545. The first-order valence-corrected chi connectivity index (χ1v) is 10.3. The molecule has 1 N–H and O–H groups in total. The summed E-state index contributed by atoms with van der Waals surface area (Å²) < 4.78 is 2.32. The Morgan fingerprint density at radius 1 is 1.30 bits per heavy atom. The Morgan fingerprint density at radius 2 is 2.19 bits per heavy atom. The van der Waals surface area contributed by atoms with Crippen molar-refractivity contribution in [3.63, 3.8) is 0 Å². The quantitative estimate of drug-likeness (QED) is 0.886. The van der Waals surface area contributed by atoms with Gasteiger partial charge < -0.3 is 14.8 Å². The van der Waals surface area contributed by atoms with Crippen LogP contribution in [0.4, 0.5) is 0 Å². The van der Waals surface area contributed by atoms with Crippen LogP contribution in [0.25, 0.3) is 10.9 Å². The Morgan fingerprint density at radius 3 is 2.93 bits per heavy atom. The van der Waals surface area contributed by atoms with Crippen LogP contribution in [0.2, 0.25) is 0 Å². The molecule has 1 aromatic carbocycles. The minimum absolute atomic E-state index is 0.0390. The topological polar surface area (TPSA) is 61.1 Å². The molecule has 1 aromatic heterocycles. The lowest BCUT2D eigenvalue weighted by Gasteiger charge is -2.27. The van der Waals surface area contributed by atoms with Crippen LogP contribution in [0.5, 0.6) is 0 Å². The number of nitrogens with zero attached hydrogens (tertiary/aromatic N) is 3. The molecule has 0 unspecified atom stereocenters. The van der Waals surface area contributed by atoms with E-state index in [1.54, 1.807) is 0 Å². The van der Waals surface area contributed by atoms with E-state index in [2.05, 4.69) is 33.8 Å². The van der Waals surface area contributed by atoms with E-state index in [-0.39, 0.29) is 6.04 Å². The van der Waals surface area contributed by atoms with Crippen molar-refractivity contribution in [1.82, 2.24) is 14.8 Å². The van der Waals surface area contributed by atoms with Gasteiger partial charge in [-0.25, -0.2) is 0 Å². The molecule has 2 saturated heterocycles. The van der Waals surface area contributed by atoms with Crippen molar-refractivity contribution in [3.8, 4) is 6.07 Å². The maximum atomic E-state index is 12.8. The minimum atomic E-state index is 0.0390. The van der Waals surface area contributed by atoms with Crippen LogP contribution in [0, 0.1) is 11.3 Å². The molecule has 2 atom stereocenters. The highest BCUT2D eigenvalue weighted by atomic mass is 16.2. The van der Waals surface area contributed by atoms with Gasteiger partial charge in [0.2, 0.25) is 5.91 Å². The molecular formula is C22H28N4O. The maximum Gasteiger partial charge on any atom is 0.239 e. The third-order valence-corrected chi connectivity index (χ3v) is 6.19. The zero-order valence-electron chi connectivity index (χ0n) is 16.1. The summed E-state index contributed by atoms with van der Waals surface area (Å²) >= 11 is 0. The van der Waals surface area contributed by atoms with Crippen molar-refractivity contribution in [3.05, 3.63) is 35.5 Å². The molecule has 5 heteroatoms. The van der Waals surface area contributed by atoms with Crippen molar-refractivity contribution in [1.29, 1.82) is 5.26 Å². The maximum absolute atomic E-state index is 12.8. The number of nitriles is 1. The molecule has 0 aliphatic carbocycles. The van der Waals surface area contributed by atoms with E-state index in [0.29, 0.717) is 17.5 Å². The number of nitrogens with one attached hydrogen (secondary N) is 1.